The van der Waals surface area contributed by atoms with Crippen LogP contribution in [0.2, 0.25) is 0 Å². The Kier molecular flexibility index (Phi) is 5.47. The second-order valence-electron chi connectivity index (χ2n) is 5.59. The highest BCUT2D eigenvalue weighted by Gasteiger charge is 2.19. The van der Waals surface area contributed by atoms with Crippen LogP contribution >= 0.6 is 11.8 Å². The van der Waals surface area contributed by atoms with Crippen LogP contribution in [0.15, 0.2) is 52.3 Å². The molecular weight excluding hydrogens is 304 g/mol. The van der Waals surface area contributed by atoms with E-state index in [9.17, 15) is 0 Å². The molecule has 0 unspecified atom stereocenters. The first-order valence-electron chi connectivity index (χ1n) is 8.35. The van der Waals surface area contributed by atoms with Gasteiger partial charge in [-0.2, -0.15) is 0 Å². The van der Waals surface area contributed by atoms with E-state index in [0.717, 1.165) is 49.8 Å². The smallest absolute Gasteiger partial charge is 0.164 e. The Morgan fingerprint density at radius 1 is 1.00 bits per heavy atom. The molecule has 23 heavy (non-hydrogen) atoms. The Balaban J connectivity index is 1.64. The van der Waals surface area contributed by atoms with Crippen molar-refractivity contribution in [3.8, 4) is 11.5 Å². The van der Waals surface area contributed by atoms with E-state index in [1.54, 1.807) is 11.8 Å². The quantitative estimate of drug-likeness (QED) is 0.611. The van der Waals surface area contributed by atoms with Crippen molar-refractivity contribution in [2.24, 2.45) is 0 Å². The Hall–Kier alpha value is -1.65. The van der Waals surface area contributed by atoms with Gasteiger partial charge in [-0.1, -0.05) is 43.8 Å². The molecule has 0 aromatic heterocycles. The largest absolute Gasteiger partial charge is 0.453 e. The number of nitrogens with one attached hydrogen (secondary N) is 1. The lowest BCUT2D eigenvalue weighted by molar-refractivity contribution is 0.303. The zero-order valence-electron chi connectivity index (χ0n) is 13.8. The molecule has 3 nitrogen and oxygen atoms in total. The fraction of sp³-hybridized carbons (Fsp3) is 0.368. The number of ether oxygens (including phenoxy) is 1. The molecule has 1 aliphatic heterocycles. The molecule has 1 heterocycles. The molecule has 122 valence electrons. The van der Waals surface area contributed by atoms with Crippen LogP contribution in [0.3, 0.4) is 0 Å². The first-order chi connectivity index (χ1) is 11.3. The summed E-state index contributed by atoms with van der Waals surface area (Å²) in [5, 5.41) is 3.54. The molecule has 0 aliphatic carbocycles. The average Bonchev–Trinajstić information content (AvgIpc) is 2.60. The van der Waals surface area contributed by atoms with Crippen LogP contribution in [-0.4, -0.2) is 31.1 Å². The van der Waals surface area contributed by atoms with E-state index >= 15 is 0 Å². The van der Waals surface area contributed by atoms with E-state index in [-0.39, 0.29) is 0 Å². The molecule has 0 bridgehead atoms. The van der Waals surface area contributed by atoms with Crippen LogP contribution in [-0.2, 0) is 0 Å². The minimum Gasteiger partial charge on any atom is -0.453 e. The molecule has 0 atom stereocenters. The molecule has 3 rings (SSSR count). The van der Waals surface area contributed by atoms with Gasteiger partial charge in [-0.05, 0) is 50.3 Å². The van der Waals surface area contributed by atoms with Crippen molar-refractivity contribution in [2.45, 2.75) is 30.1 Å². The molecule has 0 radical (unpaired) electrons. The SMILES string of the molecule is CCN(CC)CCCNc1cccc2c1Oc1ccccc1S2. The summed E-state index contributed by atoms with van der Waals surface area (Å²) >= 11 is 1.77. The van der Waals surface area contributed by atoms with Crippen LogP contribution in [0.25, 0.3) is 0 Å². The molecular formula is C19H24N2OS. The van der Waals surface area contributed by atoms with Gasteiger partial charge < -0.3 is 15.0 Å². The number of anilines is 1. The van der Waals surface area contributed by atoms with Gasteiger partial charge in [0.05, 0.1) is 15.5 Å². The summed E-state index contributed by atoms with van der Waals surface area (Å²) in [4.78, 5) is 4.81. The Bertz CT molecular complexity index is 656. The van der Waals surface area contributed by atoms with Crippen molar-refractivity contribution in [3.05, 3.63) is 42.5 Å². The molecule has 2 aromatic carbocycles. The molecule has 0 spiro atoms. The van der Waals surface area contributed by atoms with E-state index in [1.807, 2.05) is 12.1 Å². The Morgan fingerprint density at radius 2 is 1.78 bits per heavy atom. The highest BCUT2D eigenvalue weighted by molar-refractivity contribution is 7.99. The van der Waals surface area contributed by atoms with Gasteiger partial charge >= 0.3 is 0 Å². The molecule has 0 saturated heterocycles. The summed E-state index contributed by atoms with van der Waals surface area (Å²) in [6.45, 7) is 8.76. The summed E-state index contributed by atoms with van der Waals surface area (Å²) in [7, 11) is 0. The molecule has 0 saturated carbocycles. The fourth-order valence-electron chi connectivity index (χ4n) is 2.75. The monoisotopic (exact) mass is 328 g/mol. The van der Waals surface area contributed by atoms with Gasteiger partial charge in [0.25, 0.3) is 0 Å². The van der Waals surface area contributed by atoms with Gasteiger partial charge in [-0.15, -0.1) is 0 Å². The van der Waals surface area contributed by atoms with E-state index in [2.05, 4.69) is 54.4 Å². The Labute approximate surface area is 143 Å². The molecule has 2 aromatic rings. The third kappa shape index (κ3) is 3.82. The van der Waals surface area contributed by atoms with Crippen LogP contribution < -0.4 is 10.1 Å². The van der Waals surface area contributed by atoms with Crippen LogP contribution in [0, 0.1) is 0 Å². The van der Waals surface area contributed by atoms with Crippen molar-refractivity contribution in [2.75, 3.05) is 31.5 Å². The molecule has 0 amide bonds. The second kappa shape index (κ2) is 7.75. The van der Waals surface area contributed by atoms with Crippen molar-refractivity contribution in [3.63, 3.8) is 0 Å². The fourth-order valence-corrected chi connectivity index (χ4v) is 3.74. The van der Waals surface area contributed by atoms with Crippen molar-refractivity contribution in [1.82, 2.24) is 4.90 Å². The van der Waals surface area contributed by atoms with Gasteiger partial charge in [0, 0.05) is 6.54 Å². The number of fused-ring (bicyclic) bond motifs is 2. The number of benzene rings is 2. The maximum Gasteiger partial charge on any atom is 0.164 e. The average molecular weight is 328 g/mol. The van der Waals surface area contributed by atoms with Gasteiger partial charge in [-0.3, -0.25) is 0 Å². The van der Waals surface area contributed by atoms with Crippen LogP contribution in [0.5, 0.6) is 11.5 Å². The third-order valence-corrected chi connectivity index (χ3v) is 5.22. The first kappa shape index (κ1) is 16.2. The standard InChI is InChI=1S/C19H24N2OS/c1-3-21(4-2)14-8-13-20-15-9-7-12-18-19(15)22-16-10-5-6-11-17(16)23-18/h5-7,9-12,20H,3-4,8,13-14H2,1-2H3. The number of para-hydroxylation sites is 2. The van der Waals surface area contributed by atoms with Crippen molar-refractivity contribution >= 4 is 17.4 Å². The second-order valence-corrected chi connectivity index (χ2v) is 6.67. The zero-order valence-corrected chi connectivity index (χ0v) is 14.7. The lowest BCUT2D eigenvalue weighted by Gasteiger charge is -2.23. The van der Waals surface area contributed by atoms with Crippen LogP contribution in [0.1, 0.15) is 20.3 Å². The molecule has 0 fully saturated rings. The summed E-state index contributed by atoms with van der Waals surface area (Å²) < 4.78 is 6.14. The van der Waals surface area contributed by atoms with Gasteiger partial charge in [-0.25, -0.2) is 0 Å². The van der Waals surface area contributed by atoms with Crippen LogP contribution in [0.4, 0.5) is 5.69 Å². The predicted molar refractivity (Wildman–Crippen MR) is 98.0 cm³/mol. The predicted octanol–water partition coefficient (Wildman–Crippen LogP) is 5.09. The van der Waals surface area contributed by atoms with Crippen molar-refractivity contribution in [1.29, 1.82) is 0 Å². The van der Waals surface area contributed by atoms with Gasteiger partial charge in [0.1, 0.15) is 5.75 Å². The number of hydrogen-bond acceptors (Lipinski definition) is 4. The lowest BCUT2D eigenvalue weighted by atomic mass is 10.2. The summed E-state index contributed by atoms with van der Waals surface area (Å²) in [6.07, 6.45) is 1.13. The van der Waals surface area contributed by atoms with E-state index in [4.69, 9.17) is 4.74 Å². The van der Waals surface area contributed by atoms with E-state index in [1.165, 1.54) is 9.79 Å². The summed E-state index contributed by atoms with van der Waals surface area (Å²) in [6, 6.07) is 14.5. The zero-order chi connectivity index (χ0) is 16.1. The minimum atomic E-state index is 0.947. The number of rotatable bonds is 7. The lowest BCUT2D eigenvalue weighted by Crippen LogP contribution is -2.25. The maximum absolute atomic E-state index is 6.14. The highest BCUT2D eigenvalue weighted by Crippen LogP contribution is 2.49. The summed E-state index contributed by atoms with van der Waals surface area (Å²) in [5.41, 5.74) is 1.09. The van der Waals surface area contributed by atoms with Crippen molar-refractivity contribution < 1.29 is 4.74 Å². The highest BCUT2D eigenvalue weighted by atomic mass is 32.2. The van der Waals surface area contributed by atoms with E-state index in [0.29, 0.717) is 0 Å². The molecule has 1 N–H and O–H groups in total. The Morgan fingerprint density at radius 3 is 2.61 bits per heavy atom. The third-order valence-electron chi connectivity index (χ3n) is 4.12. The van der Waals surface area contributed by atoms with Gasteiger partial charge in [0.15, 0.2) is 5.75 Å². The minimum absolute atomic E-state index is 0.947. The topological polar surface area (TPSA) is 24.5 Å². The first-order valence-corrected chi connectivity index (χ1v) is 9.17. The van der Waals surface area contributed by atoms with Gasteiger partial charge in [0.2, 0.25) is 0 Å². The summed E-state index contributed by atoms with van der Waals surface area (Å²) in [5.74, 6) is 1.90. The number of hydrogen-bond donors (Lipinski definition) is 1. The normalized spacial score (nSPS) is 12.5. The molecule has 1 aliphatic rings. The molecule has 4 heteroatoms. The number of nitrogens with zero attached hydrogens (tertiary/aromatic N) is 1. The van der Waals surface area contributed by atoms with E-state index < -0.39 is 0 Å². The maximum atomic E-state index is 6.14.